The second kappa shape index (κ2) is 5.11. The molecule has 1 rings (SSSR count). The molecule has 4 N–H and O–H groups in total. The summed E-state index contributed by atoms with van der Waals surface area (Å²) in [7, 11) is 0. The zero-order chi connectivity index (χ0) is 11.4. The molecule has 0 spiro atoms. The van der Waals surface area contributed by atoms with Crippen LogP contribution in [0.5, 0.6) is 0 Å². The predicted molar refractivity (Wildman–Crippen MR) is 56.8 cm³/mol. The second-order valence-electron chi connectivity index (χ2n) is 4.05. The Hall–Kier alpha value is -1.10. The minimum Gasteiger partial charge on any atom is -0.368 e. The number of nitrogens with two attached hydrogens (primary N) is 2. The molecule has 1 unspecified atom stereocenters. The Labute approximate surface area is 89.8 Å². The van der Waals surface area contributed by atoms with E-state index in [-0.39, 0.29) is 11.9 Å². The molecule has 5 heteroatoms. The SMILES string of the molecule is CCC[C@H](N)CC(=O)N1CCC1C(N)=O. The summed E-state index contributed by atoms with van der Waals surface area (Å²) >= 11 is 0. The standard InChI is InChI=1S/C10H19N3O2/c1-2-3-7(11)6-9(14)13-5-4-8(13)10(12)15/h7-8H,2-6,11H2,1H3,(H2,12,15)/t7-,8?/m0/s1. The highest BCUT2D eigenvalue weighted by atomic mass is 16.2. The molecule has 86 valence electrons. The van der Waals surface area contributed by atoms with Crippen LogP contribution in [0.2, 0.25) is 0 Å². The van der Waals surface area contributed by atoms with Crippen molar-refractivity contribution in [1.29, 1.82) is 0 Å². The summed E-state index contributed by atoms with van der Waals surface area (Å²) in [6.45, 7) is 2.66. The van der Waals surface area contributed by atoms with Crippen molar-refractivity contribution in [3.05, 3.63) is 0 Å². The van der Waals surface area contributed by atoms with Gasteiger partial charge in [0.05, 0.1) is 0 Å². The van der Waals surface area contributed by atoms with E-state index in [0.29, 0.717) is 19.4 Å². The number of hydrogen-bond acceptors (Lipinski definition) is 3. The van der Waals surface area contributed by atoms with Crippen molar-refractivity contribution in [2.24, 2.45) is 11.5 Å². The van der Waals surface area contributed by atoms with E-state index in [1.807, 2.05) is 6.92 Å². The van der Waals surface area contributed by atoms with Crippen LogP contribution in [-0.4, -0.2) is 35.3 Å². The Morgan fingerprint density at radius 3 is 2.60 bits per heavy atom. The molecule has 15 heavy (non-hydrogen) atoms. The van der Waals surface area contributed by atoms with Gasteiger partial charge in [-0.2, -0.15) is 0 Å². The average molecular weight is 213 g/mol. The van der Waals surface area contributed by atoms with Gasteiger partial charge in [-0.25, -0.2) is 0 Å². The van der Waals surface area contributed by atoms with Gasteiger partial charge in [0.25, 0.3) is 0 Å². The van der Waals surface area contributed by atoms with Gasteiger partial charge in [0.2, 0.25) is 11.8 Å². The minimum absolute atomic E-state index is 0.0500. The van der Waals surface area contributed by atoms with E-state index in [2.05, 4.69) is 0 Å². The summed E-state index contributed by atoms with van der Waals surface area (Å²) in [6.07, 6.45) is 2.80. The fourth-order valence-electron chi connectivity index (χ4n) is 1.80. The molecule has 0 saturated carbocycles. The maximum Gasteiger partial charge on any atom is 0.240 e. The van der Waals surface area contributed by atoms with Crippen LogP contribution in [0.4, 0.5) is 0 Å². The molecule has 2 atom stereocenters. The van der Waals surface area contributed by atoms with Crippen LogP contribution in [0.15, 0.2) is 0 Å². The zero-order valence-corrected chi connectivity index (χ0v) is 9.11. The van der Waals surface area contributed by atoms with Crippen LogP contribution < -0.4 is 11.5 Å². The largest absolute Gasteiger partial charge is 0.368 e. The van der Waals surface area contributed by atoms with Gasteiger partial charge in [-0.05, 0) is 12.8 Å². The third-order valence-electron chi connectivity index (χ3n) is 2.76. The monoisotopic (exact) mass is 213 g/mol. The van der Waals surface area contributed by atoms with Gasteiger partial charge >= 0.3 is 0 Å². The van der Waals surface area contributed by atoms with E-state index in [0.717, 1.165) is 12.8 Å². The van der Waals surface area contributed by atoms with Crippen molar-refractivity contribution in [2.45, 2.75) is 44.7 Å². The van der Waals surface area contributed by atoms with Gasteiger partial charge in [0.1, 0.15) is 6.04 Å². The molecule has 0 radical (unpaired) electrons. The molecular weight excluding hydrogens is 194 g/mol. The van der Waals surface area contributed by atoms with Gasteiger partial charge in [0.15, 0.2) is 0 Å². The highest BCUT2D eigenvalue weighted by Gasteiger charge is 2.36. The third-order valence-corrected chi connectivity index (χ3v) is 2.76. The van der Waals surface area contributed by atoms with Crippen molar-refractivity contribution in [1.82, 2.24) is 4.90 Å². The first-order chi connectivity index (χ1) is 7.06. The van der Waals surface area contributed by atoms with Crippen molar-refractivity contribution in [2.75, 3.05) is 6.54 Å². The number of nitrogens with zero attached hydrogens (tertiary/aromatic N) is 1. The molecule has 1 aliphatic rings. The first-order valence-electron chi connectivity index (χ1n) is 5.40. The molecule has 1 heterocycles. The van der Waals surface area contributed by atoms with Gasteiger partial charge in [-0.1, -0.05) is 13.3 Å². The Morgan fingerprint density at radius 2 is 2.20 bits per heavy atom. The summed E-state index contributed by atoms with van der Waals surface area (Å²) in [4.78, 5) is 24.1. The maximum absolute atomic E-state index is 11.7. The van der Waals surface area contributed by atoms with Crippen molar-refractivity contribution >= 4 is 11.8 Å². The molecule has 0 bridgehead atoms. The number of rotatable bonds is 5. The fourth-order valence-corrected chi connectivity index (χ4v) is 1.80. The first kappa shape index (κ1) is 12.0. The van der Waals surface area contributed by atoms with E-state index in [9.17, 15) is 9.59 Å². The summed E-state index contributed by atoms with van der Waals surface area (Å²) < 4.78 is 0. The quantitative estimate of drug-likeness (QED) is 0.650. The normalized spacial score (nSPS) is 22.0. The van der Waals surface area contributed by atoms with Gasteiger partial charge in [0, 0.05) is 19.0 Å². The lowest BCUT2D eigenvalue weighted by atomic mass is 10.00. The van der Waals surface area contributed by atoms with Crippen LogP contribution in [-0.2, 0) is 9.59 Å². The lowest BCUT2D eigenvalue weighted by Crippen LogP contribution is -2.57. The van der Waals surface area contributed by atoms with E-state index in [4.69, 9.17) is 11.5 Å². The molecule has 0 aromatic rings. The van der Waals surface area contributed by atoms with Crippen molar-refractivity contribution in [3.8, 4) is 0 Å². The Bertz CT molecular complexity index is 255. The molecule has 1 aliphatic heterocycles. The fraction of sp³-hybridized carbons (Fsp3) is 0.800. The second-order valence-corrected chi connectivity index (χ2v) is 4.05. The average Bonchev–Trinajstić information content (AvgIpc) is 1.99. The number of carbonyl (C=O) groups is 2. The maximum atomic E-state index is 11.7. The van der Waals surface area contributed by atoms with E-state index < -0.39 is 11.9 Å². The summed E-state index contributed by atoms with van der Waals surface area (Å²) in [5.74, 6) is -0.468. The molecule has 5 nitrogen and oxygen atoms in total. The number of likely N-dealkylation sites (tertiary alicyclic amines) is 1. The summed E-state index contributed by atoms with van der Waals surface area (Å²) in [5.41, 5.74) is 10.9. The Kier molecular flexibility index (Phi) is 4.08. The van der Waals surface area contributed by atoms with Crippen LogP contribution >= 0.6 is 0 Å². The van der Waals surface area contributed by atoms with Crippen LogP contribution in [0, 0.1) is 0 Å². The van der Waals surface area contributed by atoms with Crippen LogP contribution in [0.25, 0.3) is 0 Å². The van der Waals surface area contributed by atoms with Crippen molar-refractivity contribution in [3.63, 3.8) is 0 Å². The molecule has 1 fully saturated rings. The third kappa shape index (κ3) is 2.92. The molecular formula is C10H19N3O2. The first-order valence-corrected chi connectivity index (χ1v) is 5.40. The number of hydrogen-bond donors (Lipinski definition) is 2. The lowest BCUT2D eigenvalue weighted by molar-refractivity contribution is -0.146. The number of primary amides is 1. The molecule has 0 aromatic carbocycles. The Balaban J connectivity index is 2.37. The lowest BCUT2D eigenvalue weighted by Gasteiger charge is -2.39. The molecule has 2 amide bonds. The molecule has 0 aliphatic carbocycles. The van der Waals surface area contributed by atoms with Crippen LogP contribution in [0.1, 0.15) is 32.6 Å². The van der Waals surface area contributed by atoms with E-state index in [1.54, 1.807) is 0 Å². The van der Waals surface area contributed by atoms with Crippen molar-refractivity contribution < 1.29 is 9.59 Å². The highest BCUT2D eigenvalue weighted by molar-refractivity contribution is 5.88. The zero-order valence-electron chi connectivity index (χ0n) is 9.11. The number of amides is 2. The number of carbonyl (C=O) groups excluding carboxylic acids is 2. The minimum atomic E-state index is -0.418. The molecule has 1 saturated heterocycles. The Morgan fingerprint density at radius 1 is 1.53 bits per heavy atom. The summed E-state index contributed by atoms with van der Waals surface area (Å²) in [5, 5.41) is 0. The predicted octanol–water partition coefficient (Wildman–Crippen LogP) is -0.410. The topological polar surface area (TPSA) is 89.4 Å². The van der Waals surface area contributed by atoms with Gasteiger partial charge in [-0.15, -0.1) is 0 Å². The summed E-state index contributed by atoms with van der Waals surface area (Å²) in [6, 6.07) is -0.497. The van der Waals surface area contributed by atoms with Gasteiger partial charge in [-0.3, -0.25) is 9.59 Å². The molecule has 0 aromatic heterocycles. The van der Waals surface area contributed by atoms with E-state index >= 15 is 0 Å². The highest BCUT2D eigenvalue weighted by Crippen LogP contribution is 2.18. The van der Waals surface area contributed by atoms with Crippen LogP contribution in [0.3, 0.4) is 0 Å². The smallest absolute Gasteiger partial charge is 0.240 e. The van der Waals surface area contributed by atoms with E-state index in [1.165, 1.54) is 4.90 Å². The van der Waals surface area contributed by atoms with Gasteiger partial charge < -0.3 is 16.4 Å².